The van der Waals surface area contributed by atoms with Crippen molar-refractivity contribution in [3.8, 4) is 0 Å². The lowest BCUT2D eigenvalue weighted by molar-refractivity contribution is 0.581. The van der Waals surface area contributed by atoms with E-state index >= 15 is 0 Å². The van der Waals surface area contributed by atoms with Gasteiger partial charge in [0.05, 0.1) is 4.90 Å². The zero-order valence-corrected chi connectivity index (χ0v) is 13.2. The molecule has 0 bridgehead atoms. The van der Waals surface area contributed by atoms with E-state index in [1.54, 1.807) is 30.3 Å². The van der Waals surface area contributed by atoms with Gasteiger partial charge in [-0.3, -0.25) is 0 Å². The van der Waals surface area contributed by atoms with Crippen molar-refractivity contribution >= 4 is 32.4 Å². The second kappa shape index (κ2) is 6.08. The van der Waals surface area contributed by atoms with Gasteiger partial charge in [-0.1, -0.05) is 60.1 Å². The highest BCUT2D eigenvalue weighted by Crippen LogP contribution is 2.20. The van der Waals surface area contributed by atoms with E-state index in [0.717, 1.165) is 16.3 Å². The van der Waals surface area contributed by atoms with Gasteiger partial charge in [-0.25, -0.2) is 13.1 Å². The van der Waals surface area contributed by atoms with Gasteiger partial charge in [-0.05, 0) is 34.5 Å². The van der Waals surface area contributed by atoms with Crippen LogP contribution in [0.2, 0.25) is 5.02 Å². The zero-order chi connectivity index (χ0) is 15.6. The van der Waals surface area contributed by atoms with Crippen molar-refractivity contribution in [2.45, 2.75) is 11.4 Å². The smallest absolute Gasteiger partial charge is 0.207 e. The lowest BCUT2D eigenvalue weighted by atomic mass is 10.1. The van der Waals surface area contributed by atoms with Crippen molar-refractivity contribution in [3.05, 3.63) is 77.3 Å². The van der Waals surface area contributed by atoms with Gasteiger partial charge in [0.2, 0.25) is 10.0 Å². The molecule has 0 amide bonds. The standard InChI is InChI=1S/C17H14ClNO2S/c18-17-8-4-3-7-15(17)12-19-22(20,21)16-10-9-13-5-1-2-6-14(13)11-16/h1-11,19H,12H2. The largest absolute Gasteiger partial charge is 0.240 e. The first-order valence-electron chi connectivity index (χ1n) is 6.78. The summed E-state index contributed by atoms with van der Waals surface area (Å²) in [5.74, 6) is 0. The third-order valence-electron chi connectivity index (χ3n) is 3.44. The van der Waals surface area contributed by atoms with Crippen molar-refractivity contribution in [1.82, 2.24) is 4.72 Å². The van der Waals surface area contributed by atoms with Crippen LogP contribution in [0.25, 0.3) is 10.8 Å². The minimum Gasteiger partial charge on any atom is -0.207 e. The second-order valence-corrected chi connectivity index (χ2v) is 7.10. The summed E-state index contributed by atoms with van der Waals surface area (Å²) in [6, 6.07) is 19.9. The molecule has 0 saturated carbocycles. The molecular formula is C17H14ClNO2S. The van der Waals surface area contributed by atoms with E-state index in [4.69, 9.17) is 11.6 Å². The number of hydrogen-bond acceptors (Lipinski definition) is 2. The minimum absolute atomic E-state index is 0.162. The third-order valence-corrected chi connectivity index (χ3v) is 5.21. The molecule has 0 atom stereocenters. The maximum absolute atomic E-state index is 12.4. The van der Waals surface area contributed by atoms with Crippen LogP contribution in [0.1, 0.15) is 5.56 Å². The fourth-order valence-electron chi connectivity index (χ4n) is 2.23. The van der Waals surface area contributed by atoms with Crippen LogP contribution in [0.15, 0.2) is 71.6 Å². The Kier molecular flexibility index (Phi) is 4.16. The summed E-state index contributed by atoms with van der Waals surface area (Å²) in [4.78, 5) is 0.248. The van der Waals surface area contributed by atoms with Crippen molar-refractivity contribution in [2.24, 2.45) is 0 Å². The second-order valence-electron chi connectivity index (χ2n) is 4.92. The summed E-state index contributed by atoms with van der Waals surface area (Å²) in [6.45, 7) is 0.162. The van der Waals surface area contributed by atoms with Crippen LogP contribution < -0.4 is 4.72 Å². The molecule has 22 heavy (non-hydrogen) atoms. The van der Waals surface area contributed by atoms with Gasteiger partial charge in [0.15, 0.2) is 0 Å². The molecule has 0 radical (unpaired) electrons. The quantitative estimate of drug-likeness (QED) is 0.786. The van der Waals surface area contributed by atoms with Gasteiger partial charge < -0.3 is 0 Å². The van der Waals surface area contributed by atoms with Crippen LogP contribution in [-0.2, 0) is 16.6 Å². The molecule has 112 valence electrons. The molecule has 1 N–H and O–H groups in total. The summed E-state index contributed by atoms with van der Waals surface area (Å²) in [5, 5.41) is 2.44. The number of fused-ring (bicyclic) bond motifs is 1. The summed E-state index contributed by atoms with van der Waals surface area (Å²) in [5.41, 5.74) is 0.744. The molecule has 5 heteroatoms. The normalized spacial score (nSPS) is 11.7. The van der Waals surface area contributed by atoms with E-state index in [-0.39, 0.29) is 11.4 Å². The summed E-state index contributed by atoms with van der Waals surface area (Å²) in [7, 11) is -3.58. The molecule has 3 nitrogen and oxygen atoms in total. The average Bonchev–Trinajstić information content (AvgIpc) is 2.54. The summed E-state index contributed by atoms with van der Waals surface area (Å²) < 4.78 is 27.4. The van der Waals surface area contributed by atoms with Crippen molar-refractivity contribution in [1.29, 1.82) is 0 Å². The van der Waals surface area contributed by atoms with Gasteiger partial charge in [0, 0.05) is 11.6 Å². The Balaban J connectivity index is 1.87. The van der Waals surface area contributed by atoms with E-state index in [9.17, 15) is 8.42 Å². The molecule has 0 aromatic heterocycles. The first-order valence-corrected chi connectivity index (χ1v) is 8.64. The van der Waals surface area contributed by atoms with Gasteiger partial charge in [-0.15, -0.1) is 0 Å². The van der Waals surface area contributed by atoms with Crippen LogP contribution in [-0.4, -0.2) is 8.42 Å². The van der Waals surface area contributed by atoms with Crippen molar-refractivity contribution in [2.75, 3.05) is 0 Å². The molecule has 3 aromatic carbocycles. The third kappa shape index (κ3) is 3.14. The zero-order valence-electron chi connectivity index (χ0n) is 11.7. The minimum atomic E-state index is -3.58. The number of rotatable bonds is 4. The Hall–Kier alpha value is -1.88. The number of halogens is 1. The predicted molar refractivity (Wildman–Crippen MR) is 89.4 cm³/mol. The fraction of sp³-hybridized carbons (Fsp3) is 0.0588. The first kappa shape index (κ1) is 15.0. The Labute approximate surface area is 134 Å². The highest BCUT2D eigenvalue weighted by molar-refractivity contribution is 7.89. The van der Waals surface area contributed by atoms with Crippen LogP contribution in [0.3, 0.4) is 0 Å². The fourth-order valence-corrected chi connectivity index (χ4v) is 3.48. The Morgan fingerprint density at radius 2 is 1.55 bits per heavy atom. The lowest BCUT2D eigenvalue weighted by Crippen LogP contribution is -2.23. The van der Waals surface area contributed by atoms with E-state index in [2.05, 4.69) is 4.72 Å². The highest BCUT2D eigenvalue weighted by atomic mass is 35.5. The molecule has 0 unspecified atom stereocenters. The Morgan fingerprint density at radius 3 is 2.32 bits per heavy atom. The molecule has 3 aromatic rings. The molecule has 3 rings (SSSR count). The highest BCUT2D eigenvalue weighted by Gasteiger charge is 2.14. The Morgan fingerprint density at radius 1 is 0.864 bits per heavy atom. The van der Waals surface area contributed by atoms with Crippen molar-refractivity contribution in [3.63, 3.8) is 0 Å². The molecular weight excluding hydrogens is 318 g/mol. The molecule has 0 aliphatic rings. The van der Waals surface area contributed by atoms with E-state index < -0.39 is 10.0 Å². The van der Waals surface area contributed by atoms with E-state index in [1.807, 2.05) is 36.4 Å². The molecule has 0 spiro atoms. The molecule has 0 fully saturated rings. The average molecular weight is 332 g/mol. The Bertz CT molecular complexity index is 923. The predicted octanol–water partition coefficient (Wildman–Crippen LogP) is 3.97. The lowest BCUT2D eigenvalue weighted by Gasteiger charge is -2.09. The molecule has 0 aliphatic heterocycles. The monoisotopic (exact) mass is 331 g/mol. The number of benzene rings is 3. The van der Waals surface area contributed by atoms with Crippen LogP contribution >= 0.6 is 11.6 Å². The molecule has 0 aliphatic carbocycles. The molecule has 0 heterocycles. The van der Waals surface area contributed by atoms with Crippen molar-refractivity contribution < 1.29 is 8.42 Å². The summed E-state index contributed by atoms with van der Waals surface area (Å²) >= 11 is 6.04. The van der Waals surface area contributed by atoms with Gasteiger partial charge >= 0.3 is 0 Å². The maximum atomic E-state index is 12.4. The topological polar surface area (TPSA) is 46.2 Å². The number of sulfonamides is 1. The first-order chi connectivity index (χ1) is 10.6. The van der Waals surface area contributed by atoms with E-state index in [0.29, 0.717) is 5.02 Å². The van der Waals surface area contributed by atoms with Gasteiger partial charge in [-0.2, -0.15) is 0 Å². The van der Waals surface area contributed by atoms with E-state index in [1.165, 1.54) is 0 Å². The van der Waals surface area contributed by atoms with Crippen LogP contribution in [0.5, 0.6) is 0 Å². The SMILES string of the molecule is O=S(=O)(NCc1ccccc1Cl)c1ccc2ccccc2c1. The van der Waals surface area contributed by atoms with Gasteiger partial charge in [0.25, 0.3) is 0 Å². The maximum Gasteiger partial charge on any atom is 0.240 e. The van der Waals surface area contributed by atoms with Gasteiger partial charge in [0.1, 0.15) is 0 Å². The van der Waals surface area contributed by atoms with Crippen LogP contribution in [0.4, 0.5) is 0 Å². The summed E-state index contributed by atoms with van der Waals surface area (Å²) in [6.07, 6.45) is 0. The number of hydrogen-bond donors (Lipinski definition) is 1. The van der Waals surface area contributed by atoms with Crippen LogP contribution in [0, 0.1) is 0 Å². The molecule has 0 saturated heterocycles. The number of nitrogens with one attached hydrogen (secondary N) is 1.